The maximum atomic E-state index is 11.9. The summed E-state index contributed by atoms with van der Waals surface area (Å²) in [6.45, 7) is 0.00321. The fourth-order valence-corrected chi connectivity index (χ4v) is 2.93. The fourth-order valence-electron chi connectivity index (χ4n) is 1.36. The molecule has 0 bridgehead atoms. The van der Waals surface area contributed by atoms with Gasteiger partial charge in [-0.3, -0.25) is 0 Å². The van der Waals surface area contributed by atoms with Crippen LogP contribution in [0, 0.1) is 0 Å². The average Bonchev–Trinajstić information content (AvgIpc) is 2.86. The maximum Gasteiger partial charge on any atom is 0.244 e. The van der Waals surface area contributed by atoms with Gasteiger partial charge in [-0.05, 0) is 23.8 Å². The molecule has 0 amide bonds. The smallest absolute Gasteiger partial charge is 0.244 e. The Labute approximate surface area is 125 Å². The molecule has 0 saturated carbocycles. The zero-order chi connectivity index (χ0) is 14.0. The van der Waals surface area contributed by atoms with E-state index >= 15 is 0 Å². The van der Waals surface area contributed by atoms with Crippen molar-refractivity contribution in [3.8, 4) is 0 Å². The molecule has 1 aromatic carbocycles. The zero-order valence-corrected chi connectivity index (χ0v) is 12.4. The summed E-state index contributed by atoms with van der Waals surface area (Å²) in [6.07, 6.45) is 2.42. The summed E-state index contributed by atoms with van der Waals surface area (Å²) in [4.78, 5) is 0.0451. The Morgan fingerprint density at radius 2 is 1.79 bits per heavy atom. The van der Waals surface area contributed by atoms with Gasteiger partial charge in [0.1, 0.15) is 11.2 Å². The quantitative estimate of drug-likeness (QED) is 0.863. The summed E-state index contributed by atoms with van der Waals surface area (Å²) in [6, 6.07) is 4.33. The van der Waals surface area contributed by atoms with Gasteiger partial charge < -0.3 is 4.42 Å². The topological polar surface area (TPSA) is 59.3 Å². The summed E-state index contributed by atoms with van der Waals surface area (Å²) < 4.78 is 30.8. The summed E-state index contributed by atoms with van der Waals surface area (Å²) >= 11 is 17.6. The van der Waals surface area contributed by atoms with Crippen molar-refractivity contribution < 1.29 is 12.8 Å². The summed E-state index contributed by atoms with van der Waals surface area (Å²) in [5, 5.41) is 0.959. The lowest BCUT2D eigenvalue weighted by Gasteiger charge is -2.08. The largest absolute Gasteiger partial charge is 0.471 e. The Morgan fingerprint density at radius 3 is 2.42 bits per heavy atom. The van der Waals surface area contributed by atoms with E-state index < -0.39 is 10.0 Å². The summed E-state index contributed by atoms with van der Waals surface area (Å²) in [7, 11) is -3.63. The molecule has 4 nitrogen and oxygen atoms in total. The van der Waals surface area contributed by atoms with E-state index in [0.29, 0.717) is 20.6 Å². The third kappa shape index (κ3) is 3.43. The second kappa shape index (κ2) is 5.73. The Hall–Kier alpha value is -0.720. The van der Waals surface area contributed by atoms with E-state index in [9.17, 15) is 8.42 Å². The molecule has 1 heterocycles. The Morgan fingerprint density at radius 1 is 1.11 bits per heavy atom. The lowest BCUT2D eigenvalue weighted by molar-refractivity contribution is 0.553. The average molecular weight is 341 g/mol. The highest BCUT2D eigenvalue weighted by Gasteiger charge is 2.16. The summed E-state index contributed by atoms with van der Waals surface area (Å²) in [5.74, 6) is 0. The van der Waals surface area contributed by atoms with Crippen molar-refractivity contribution in [2.24, 2.45) is 0 Å². The lowest BCUT2D eigenvalue weighted by Crippen LogP contribution is -2.22. The van der Waals surface area contributed by atoms with Gasteiger partial charge >= 0.3 is 0 Å². The van der Waals surface area contributed by atoms with E-state index in [0.717, 1.165) is 6.26 Å². The van der Waals surface area contributed by atoms with E-state index in [-0.39, 0.29) is 11.4 Å². The third-order valence-corrected chi connectivity index (χ3v) is 4.80. The first kappa shape index (κ1) is 14.7. The van der Waals surface area contributed by atoms with E-state index in [4.69, 9.17) is 39.2 Å². The van der Waals surface area contributed by atoms with Crippen LogP contribution in [0.15, 0.2) is 40.0 Å². The van der Waals surface area contributed by atoms with E-state index in [1.807, 2.05) is 0 Å². The van der Waals surface area contributed by atoms with Crippen LogP contribution in [-0.4, -0.2) is 8.42 Å². The summed E-state index contributed by atoms with van der Waals surface area (Å²) in [5.41, 5.74) is 0.531. The normalized spacial score (nSPS) is 11.7. The molecule has 8 heteroatoms. The van der Waals surface area contributed by atoms with Crippen molar-refractivity contribution in [3.63, 3.8) is 0 Å². The number of rotatable bonds is 4. The van der Waals surface area contributed by atoms with Crippen molar-refractivity contribution in [1.29, 1.82) is 0 Å². The number of halogens is 3. The number of furan rings is 1. The molecular weight excluding hydrogens is 333 g/mol. The van der Waals surface area contributed by atoms with Gasteiger partial charge in [0, 0.05) is 11.6 Å². The van der Waals surface area contributed by atoms with E-state index in [1.165, 1.54) is 24.5 Å². The minimum Gasteiger partial charge on any atom is -0.471 e. The predicted molar refractivity (Wildman–Crippen MR) is 74.2 cm³/mol. The van der Waals surface area contributed by atoms with Gasteiger partial charge in [-0.1, -0.05) is 34.8 Å². The molecular formula is C11H8Cl3NO3S. The second-order valence-electron chi connectivity index (χ2n) is 3.64. The first-order valence-corrected chi connectivity index (χ1v) is 7.67. The number of benzene rings is 1. The van der Waals surface area contributed by atoms with Crippen LogP contribution in [-0.2, 0) is 16.6 Å². The lowest BCUT2D eigenvalue weighted by atomic mass is 10.2. The SMILES string of the molecule is O=S(=O)(NCc1cc(Cl)c(Cl)cc1Cl)c1ccoc1. The molecule has 0 unspecified atom stereocenters. The molecule has 0 saturated heterocycles. The Balaban J connectivity index is 2.18. The van der Waals surface area contributed by atoms with Gasteiger partial charge in [-0.25, -0.2) is 13.1 Å². The number of hydrogen-bond donors (Lipinski definition) is 1. The molecule has 0 radical (unpaired) electrons. The van der Waals surface area contributed by atoms with Gasteiger partial charge in [0.25, 0.3) is 0 Å². The first-order chi connectivity index (χ1) is 8.90. The second-order valence-corrected chi connectivity index (χ2v) is 6.63. The molecule has 1 aromatic heterocycles. The molecule has 0 spiro atoms. The minimum absolute atomic E-state index is 0.00321. The third-order valence-electron chi connectivity index (χ3n) is 2.35. The highest BCUT2D eigenvalue weighted by Crippen LogP contribution is 2.29. The standard InChI is InChI=1S/C11H8Cl3NO3S/c12-9-4-11(14)10(13)3-7(9)5-15-19(16,17)8-1-2-18-6-8/h1-4,6,15H,5H2. The van der Waals surface area contributed by atoms with Crippen LogP contribution < -0.4 is 4.72 Å². The highest BCUT2D eigenvalue weighted by atomic mass is 35.5. The molecule has 0 atom stereocenters. The monoisotopic (exact) mass is 339 g/mol. The van der Waals surface area contributed by atoms with Crippen LogP contribution >= 0.6 is 34.8 Å². The van der Waals surface area contributed by atoms with Crippen molar-refractivity contribution in [1.82, 2.24) is 4.72 Å². The van der Waals surface area contributed by atoms with Gasteiger partial charge in [-0.15, -0.1) is 0 Å². The molecule has 2 rings (SSSR count). The number of sulfonamides is 1. The fraction of sp³-hybridized carbons (Fsp3) is 0.0909. The predicted octanol–water partition coefficient (Wildman–Crippen LogP) is 3.72. The van der Waals surface area contributed by atoms with Crippen LogP contribution in [0.2, 0.25) is 15.1 Å². The van der Waals surface area contributed by atoms with Crippen LogP contribution in [0.1, 0.15) is 5.56 Å². The molecule has 0 fully saturated rings. The molecule has 102 valence electrons. The van der Waals surface area contributed by atoms with Crippen molar-refractivity contribution in [3.05, 3.63) is 51.4 Å². The number of hydrogen-bond acceptors (Lipinski definition) is 3. The van der Waals surface area contributed by atoms with Gasteiger partial charge in [-0.2, -0.15) is 0 Å². The maximum absolute atomic E-state index is 11.9. The minimum atomic E-state index is -3.63. The van der Waals surface area contributed by atoms with Crippen LogP contribution in [0.25, 0.3) is 0 Å². The van der Waals surface area contributed by atoms with Crippen LogP contribution in [0.5, 0.6) is 0 Å². The first-order valence-electron chi connectivity index (χ1n) is 5.05. The van der Waals surface area contributed by atoms with Crippen molar-refractivity contribution >= 4 is 44.8 Å². The molecule has 1 N–H and O–H groups in total. The Bertz CT molecular complexity index is 683. The Kier molecular flexibility index (Phi) is 4.43. The van der Waals surface area contributed by atoms with Crippen molar-refractivity contribution in [2.45, 2.75) is 11.4 Å². The van der Waals surface area contributed by atoms with Crippen LogP contribution in [0.4, 0.5) is 0 Å². The number of nitrogens with one attached hydrogen (secondary N) is 1. The van der Waals surface area contributed by atoms with Gasteiger partial charge in [0.05, 0.1) is 16.3 Å². The highest BCUT2D eigenvalue weighted by molar-refractivity contribution is 7.89. The van der Waals surface area contributed by atoms with E-state index in [2.05, 4.69) is 4.72 Å². The van der Waals surface area contributed by atoms with E-state index in [1.54, 1.807) is 0 Å². The molecule has 0 aliphatic heterocycles. The molecule has 19 heavy (non-hydrogen) atoms. The molecule has 0 aliphatic rings. The van der Waals surface area contributed by atoms with Gasteiger partial charge in [0.15, 0.2) is 0 Å². The zero-order valence-electron chi connectivity index (χ0n) is 9.36. The van der Waals surface area contributed by atoms with Gasteiger partial charge in [0.2, 0.25) is 10.0 Å². The molecule has 2 aromatic rings. The van der Waals surface area contributed by atoms with Crippen molar-refractivity contribution in [2.75, 3.05) is 0 Å². The van der Waals surface area contributed by atoms with Crippen LogP contribution in [0.3, 0.4) is 0 Å². The molecule has 0 aliphatic carbocycles.